The van der Waals surface area contributed by atoms with Crippen LogP contribution in [0.5, 0.6) is 0 Å². The molecule has 0 aromatic heterocycles. The number of nitrogens with one attached hydrogen (secondary N) is 1. The topological polar surface area (TPSA) is 49.4 Å². The molecular weight excluding hydrogens is 204 g/mol. The van der Waals surface area contributed by atoms with E-state index in [1.165, 1.54) is 0 Å². The van der Waals surface area contributed by atoms with Crippen LogP contribution in [0.25, 0.3) is 0 Å². The lowest BCUT2D eigenvalue weighted by molar-refractivity contribution is -0.141. The highest BCUT2D eigenvalue weighted by molar-refractivity contribution is 6.19. The van der Waals surface area contributed by atoms with E-state index in [-0.39, 0.29) is 30.3 Å². The normalized spacial score (nSPS) is 24.4. The molecule has 2 atom stereocenters. The van der Waals surface area contributed by atoms with Gasteiger partial charge in [-0.3, -0.25) is 9.59 Å². The monoisotopic (exact) mass is 218 g/mol. The molecule has 0 aromatic carbocycles. The molecule has 2 amide bonds. The number of carbonyl (C=O) groups excluding carboxylic acids is 2. The van der Waals surface area contributed by atoms with Gasteiger partial charge in [0.2, 0.25) is 11.8 Å². The lowest BCUT2D eigenvalue weighted by Crippen LogP contribution is -2.55. The fraction of sp³-hybridized carbons (Fsp3) is 0.778. The fourth-order valence-corrected chi connectivity index (χ4v) is 1.61. The summed E-state index contributed by atoms with van der Waals surface area (Å²) in [6.07, 6.45) is 0. The van der Waals surface area contributed by atoms with Gasteiger partial charge < -0.3 is 10.2 Å². The second-order valence-corrected chi connectivity index (χ2v) is 4.05. The van der Waals surface area contributed by atoms with Gasteiger partial charge in [-0.15, -0.1) is 11.6 Å². The molecule has 80 valence electrons. The van der Waals surface area contributed by atoms with Crippen molar-refractivity contribution in [3.8, 4) is 0 Å². The lowest BCUT2D eigenvalue weighted by Gasteiger charge is -2.32. The van der Waals surface area contributed by atoms with Crippen molar-refractivity contribution >= 4 is 23.4 Å². The minimum Gasteiger partial charge on any atom is -0.350 e. The highest BCUT2D eigenvalue weighted by Crippen LogP contribution is 2.08. The van der Waals surface area contributed by atoms with Crippen LogP contribution in [0.4, 0.5) is 0 Å². The molecule has 1 aliphatic heterocycles. The summed E-state index contributed by atoms with van der Waals surface area (Å²) in [5.74, 6) is -0.0546. The second kappa shape index (κ2) is 4.64. The first-order valence-corrected chi connectivity index (χ1v) is 5.22. The number of piperazine rings is 1. The van der Waals surface area contributed by atoms with E-state index in [1.54, 1.807) is 11.8 Å². The molecule has 1 rings (SSSR count). The third-order valence-corrected chi connectivity index (χ3v) is 2.66. The van der Waals surface area contributed by atoms with Gasteiger partial charge in [0.25, 0.3) is 0 Å². The average molecular weight is 219 g/mol. The number of halogens is 1. The average Bonchev–Trinajstić information content (AvgIpc) is 2.14. The van der Waals surface area contributed by atoms with Crippen molar-refractivity contribution in [1.29, 1.82) is 0 Å². The molecule has 0 saturated carbocycles. The summed E-state index contributed by atoms with van der Waals surface area (Å²) in [4.78, 5) is 24.4. The van der Waals surface area contributed by atoms with E-state index < -0.39 is 0 Å². The number of alkyl halides is 1. The summed E-state index contributed by atoms with van der Waals surface area (Å²) < 4.78 is 0. The Kier molecular flexibility index (Phi) is 3.75. The van der Waals surface area contributed by atoms with Crippen LogP contribution < -0.4 is 5.32 Å². The molecular formula is C9H15ClN2O2. The minimum atomic E-state index is -0.213. The molecule has 1 aliphatic rings. The molecule has 0 aromatic rings. The zero-order valence-electron chi connectivity index (χ0n) is 8.42. The molecule has 1 N–H and O–H groups in total. The summed E-state index contributed by atoms with van der Waals surface area (Å²) in [6, 6.07) is 0.0303. The number of rotatable bonds is 2. The van der Waals surface area contributed by atoms with Crippen LogP contribution in [0, 0.1) is 5.92 Å². The number of nitrogens with zero attached hydrogens (tertiary/aromatic N) is 1. The summed E-state index contributed by atoms with van der Waals surface area (Å²) in [6.45, 7) is 4.38. The first kappa shape index (κ1) is 11.3. The van der Waals surface area contributed by atoms with Crippen molar-refractivity contribution in [1.82, 2.24) is 10.2 Å². The third-order valence-electron chi connectivity index (χ3n) is 2.20. The van der Waals surface area contributed by atoms with E-state index in [2.05, 4.69) is 5.32 Å². The zero-order chi connectivity index (χ0) is 10.7. The van der Waals surface area contributed by atoms with Crippen molar-refractivity contribution < 1.29 is 9.59 Å². The maximum atomic E-state index is 11.7. The Morgan fingerprint density at radius 1 is 1.79 bits per heavy atom. The van der Waals surface area contributed by atoms with Crippen LogP contribution >= 0.6 is 11.6 Å². The van der Waals surface area contributed by atoms with Crippen LogP contribution in [-0.4, -0.2) is 41.7 Å². The Morgan fingerprint density at radius 2 is 2.43 bits per heavy atom. The van der Waals surface area contributed by atoms with Gasteiger partial charge >= 0.3 is 0 Å². The number of amides is 2. The Labute approximate surface area is 88.6 Å². The quantitative estimate of drug-likeness (QED) is 0.674. The molecule has 0 bridgehead atoms. The smallest absolute Gasteiger partial charge is 0.239 e. The standard InChI is InChI=1S/C9H15ClN2O2/c1-6(3-10)9(14)12-4-7(2)11-8(13)5-12/h6-7H,3-5H2,1-2H3,(H,11,13). The van der Waals surface area contributed by atoms with Crippen LogP contribution in [-0.2, 0) is 9.59 Å². The van der Waals surface area contributed by atoms with E-state index in [4.69, 9.17) is 11.6 Å². The summed E-state index contributed by atoms with van der Waals surface area (Å²) in [5, 5.41) is 2.76. The van der Waals surface area contributed by atoms with Crippen LogP contribution in [0.15, 0.2) is 0 Å². The van der Waals surface area contributed by atoms with Crippen LogP contribution in [0.1, 0.15) is 13.8 Å². The molecule has 4 nitrogen and oxygen atoms in total. The van der Waals surface area contributed by atoms with Gasteiger partial charge in [0.1, 0.15) is 0 Å². The lowest BCUT2D eigenvalue weighted by atomic mass is 10.1. The Bertz CT molecular complexity index is 245. The number of carbonyl (C=O) groups is 2. The van der Waals surface area contributed by atoms with E-state index in [0.717, 1.165) is 0 Å². The molecule has 0 spiro atoms. The highest BCUT2D eigenvalue weighted by atomic mass is 35.5. The molecule has 1 heterocycles. The van der Waals surface area contributed by atoms with Gasteiger partial charge in [0, 0.05) is 24.4 Å². The predicted octanol–water partition coefficient (Wildman–Crippen LogP) is 0.208. The second-order valence-electron chi connectivity index (χ2n) is 3.74. The van der Waals surface area contributed by atoms with Gasteiger partial charge in [-0.05, 0) is 6.92 Å². The highest BCUT2D eigenvalue weighted by Gasteiger charge is 2.27. The van der Waals surface area contributed by atoms with Gasteiger partial charge in [0.15, 0.2) is 0 Å². The van der Waals surface area contributed by atoms with Crippen molar-refractivity contribution in [2.75, 3.05) is 19.0 Å². The fourth-order valence-electron chi connectivity index (χ4n) is 1.48. The van der Waals surface area contributed by atoms with E-state index in [9.17, 15) is 9.59 Å². The predicted molar refractivity (Wildman–Crippen MR) is 54.1 cm³/mol. The largest absolute Gasteiger partial charge is 0.350 e. The zero-order valence-corrected chi connectivity index (χ0v) is 9.17. The van der Waals surface area contributed by atoms with Crippen molar-refractivity contribution in [3.63, 3.8) is 0 Å². The third kappa shape index (κ3) is 2.61. The first-order valence-electron chi connectivity index (χ1n) is 4.68. The summed E-state index contributed by atoms with van der Waals surface area (Å²) >= 11 is 5.59. The Morgan fingerprint density at radius 3 is 2.93 bits per heavy atom. The first-order chi connectivity index (χ1) is 6.54. The summed E-state index contributed by atoms with van der Waals surface area (Å²) in [7, 11) is 0. The molecule has 5 heteroatoms. The van der Waals surface area contributed by atoms with Gasteiger partial charge in [-0.1, -0.05) is 6.92 Å². The Hall–Kier alpha value is -0.770. The molecule has 1 saturated heterocycles. The SMILES string of the molecule is CC1CN(C(=O)C(C)CCl)CC(=O)N1. The number of hydrogen-bond donors (Lipinski definition) is 1. The summed E-state index contributed by atoms with van der Waals surface area (Å²) in [5.41, 5.74) is 0. The van der Waals surface area contributed by atoms with E-state index >= 15 is 0 Å². The van der Waals surface area contributed by atoms with Gasteiger partial charge in [-0.25, -0.2) is 0 Å². The van der Waals surface area contributed by atoms with E-state index in [1.807, 2.05) is 6.92 Å². The molecule has 0 aliphatic carbocycles. The molecule has 1 fully saturated rings. The maximum Gasteiger partial charge on any atom is 0.239 e. The van der Waals surface area contributed by atoms with Gasteiger partial charge in [-0.2, -0.15) is 0 Å². The maximum absolute atomic E-state index is 11.7. The van der Waals surface area contributed by atoms with Crippen molar-refractivity contribution in [3.05, 3.63) is 0 Å². The van der Waals surface area contributed by atoms with Crippen LogP contribution in [0.3, 0.4) is 0 Å². The van der Waals surface area contributed by atoms with Crippen molar-refractivity contribution in [2.24, 2.45) is 5.92 Å². The van der Waals surface area contributed by atoms with E-state index in [0.29, 0.717) is 12.4 Å². The molecule has 14 heavy (non-hydrogen) atoms. The Balaban J connectivity index is 2.59. The molecule has 0 radical (unpaired) electrons. The molecule has 2 unspecified atom stereocenters. The van der Waals surface area contributed by atoms with Crippen molar-refractivity contribution in [2.45, 2.75) is 19.9 Å². The van der Waals surface area contributed by atoms with Crippen LogP contribution in [0.2, 0.25) is 0 Å². The van der Waals surface area contributed by atoms with Gasteiger partial charge in [0.05, 0.1) is 6.54 Å². The number of hydrogen-bond acceptors (Lipinski definition) is 2. The minimum absolute atomic E-state index is 0.0303.